The van der Waals surface area contributed by atoms with Gasteiger partial charge in [0, 0.05) is 29.8 Å². The lowest BCUT2D eigenvalue weighted by Gasteiger charge is -2.56. The fraction of sp³-hybridized carbons (Fsp3) is 0.600. The lowest BCUT2D eigenvalue weighted by atomic mass is 9.48. The van der Waals surface area contributed by atoms with Gasteiger partial charge in [0.05, 0.1) is 31.0 Å². The smallest absolute Gasteiger partial charge is 0.146 e. The van der Waals surface area contributed by atoms with Gasteiger partial charge in [-0.15, -0.1) is 0 Å². The standard InChI is InChI=1S/C35H45N3O3S/c1-4-15-34(2)24(14-19-39)9-10-25-27-11-12-29(35(27,3)16-13-28(25)34)31(40)23-42-33-26-7-5-6-8-30(26)36-32(37-33)22-38-17-20-41-21-18-38/h4-8,14-15,19,25,27-29H,9-13,16-18,20-23H2,1-3H3/b15-4-,24-14-. The van der Waals surface area contributed by atoms with Crippen molar-refractivity contribution in [3.05, 3.63) is 53.9 Å². The van der Waals surface area contributed by atoms with Crippen LogP contribution in [0.3, 0.4) is 0 Å². The zero-order chi connectivity index (χ0) is 29.3. The van der Waals surface area contributed by atoms with Crippen LogP contribution in [0.15, 0.2) is 53.1 Å². The molecule has 0 spiro atoms. The zero-order valence-corrected chi connectivity index (χ0v) is 26.2. The molecule has 2 aromatic rings. The highest BCUT2D eigenvalue weighted by atomic mass is 32.2. The number of fused-ring (bicyclic) bond motifs is 4. The van der Waals surface area contributed by atoms with E-state index in [0.29, 0.717) is 35.8 Å². The van der Waals surface area contributed by atoms with Crippen molar-refractivity contribution in [2.75, 3.05) is 32.1 Å². The first-order chi connectivity index (χ1) is 20.4. The Hall–Kier alpha value is -2.35. The molecule has 0 radical (unpaired) electrons. The van der Waals surface area contributed by atoms with E-state index in [4.69, 9.17) is 14.7 Å². The van der Waals surface area contributed by atoms with E-state index in [1.165, 1.54) is 5.57 Å². The Morgan fingerprint density at radius 1 is 1.10 bits per heavy atom. The van der Waals surface area contributed by atoms with E-state index in [9.17, 15) is 9.59 Å². The maximum absolute atomic E-state index is 14.0. The molecule has 6 atom stereocenters. The quantitative estimate of drug-likeness (QED) is 0.112. The maximum Gasteiger partial charge on any atom is 0.146 e. The number of aromatic nitrogens is 2. The molecule has 7 heteroatoms. The van der Waals surface area contributed by atoms with Gasteiger partial charge in [-0.25, -0.2) is 9.97 Å². The number of rotatable bonds is 8. The van der Waals surface area contributed by atoms with Gasteiger partial charge < -0.3 is 4.74 Å². The van der Waals surface area contributed by atoms with Crippen LogP contribution in [0.25, 0.3) is 10.9 Å². The molecular weight excluding hydrogens is 542 g/mol. The maximum atomic E-state index is 14.0. The van der Waals surface area contributed by atoms with Gasteiger partial charge in [0.2, 0.25) is 0 Å². The van der Waals surface area contributed by atoms with Gasteiger partial charge in [0.1, 0.15) is 22.9 Å². The number of morpholine rings is 1. The van der Waals surface area contributed by atoms with Gasteiger partial charge in [-0.3, -0.25) is 14.5 Å². The summed E-state index contributed by atoms with van der Waals surface area (Å²) in [5, 5.41) is 1.95. The number of Topliss-reactive ketones (excluding diaryl/α,β-unsaturated/α-hetero) is 1. The van der Waals surface area contributed by atoms with Crippen molar-refractivity contribution in [1.29, 1.82) is 0 Å². The summed E-state index contributed by atoms with van der Waals surface area (Å²) >= 11 is 1.60. The van der Waals surface area contributed by atoms with Gasteiger partial charge in [-0.1, -0.05) is 61.5 Å². The van der Waals surface area contributed by atoms with Crippen LogP contribution in [0, 0.1) is 34.5 Å². The lowest BCUT2D eigenvalue weighted by molar-refractivity contribution is -0.126. The summed E-state index contributed by atoms with van der Waals surface area (Å²) in [4.78, 5) is 37.6. The summed E-state index contributed by atoms with van der Waals surface area (Å²) in [6, 6.07) is 8.18. The van der Waals surface area contributed by atoms with E-state index in [0.717, 1.165) is 92.9 Å². The van der Waals surface area contributed by atoms with Crippen LogP contribution in [0.5, 0.6) is 0 Å². The van der Waals surface area contributed by atoms with E-state index in [2.05, 4.69) is 43.9 Å². The largest absolute Gasteiger partial charge is 0.379 e. The van der Waals surface area contributed by atoms with Crippen molar-refractivity contribution in [3.8, 4) is 0 Å². The summed E-state index contributed by atoms with van der Waals surface area (Å²) in [7, 11) is 0. The number of aldehydes is 1. The Labute approximate surface area is 254 Å². The highest BCUT2D eigenvalue weighted by Crippen LogP contribution is 2.65. The average molecular weight is 588 g/mol. The molecule has 3 saturated carbocycles. The third kappa shape index (κ3) is 5.41. The van der Waals surface area contributed by atoms with Crippen molar-refractivity contribution in [1.82, 2.24) is 14.9 Å². The highest BCUT2D eigenvalue weighted by molar-refractivity contribution is 8.00. The second-order valence-electron chi connectivity index (χ2n) is 13.3. The first kappa shape index (κ1) is 29.7. The lowest BCUT2D eigenvalue weighted by Crippen LogP contribution is -2.50. The van der Waals surface area contributed by atoms with E-state index in [1.807, 2.05) is 24.3 Å². The molecule has 6 unspecified atom stereocenters. The van der Waals surface area contributed by atoms with Crippen LogP contribution in [-0.2, 0) is 20.9 Å². The third-order valence-corrected chi connectivity index (χ3v) is 12.3. The molecule has 6 nitrogen and oxygen atoms in total. The summed E-state index contributed by atoms with van der Waals surface area (Å²) in [6.45, 7) is 10.8. The molecule has 2 heterocycles. The van der Waals surface area contributed by atoms with Gasteiger partial charge in [-0.05, 0) is 80.8 Å². The number of nitrogens with zero attached hydrogens (tertiary/aromatic N) is 3. The summed E-state index contributed by atoms with van der Waals surface area (Å²) in [5.41, 5.74) is 2.22. The number of carbonyl (C=O) groups is 2. The van der Waals surface area contributed by atoms with Crippen LogP contribution >= 0.6 is 11.8 Å². The Morgan fingerprint density at radius 2 is 1.90 bits per heavy atom. The molecule has 1 saturated heterocycles. The van der Waals surface area contributed by atoms with Gasteiger partial charge >= 0.3 is 0 Å². The van der Waals surface area contributed by atoms with Gasteiger partial charge in [0.25, 0.3) is 0 Å². The van der Waals surface area contributed by atoms with Gasteiger partial charge in [0.15, 0.2) is 0 Å². The van der Waals surface area contributed by atoms with Crippen LogP contribution in [-0.4, -0.2) is 59.0 Å². The summed E-state index contributed by atoms with van der Waals surface area (Å²) in [5.74, 6) is 3.48. The molecule has 1 aromatic heterocycles. The minimum Gasteiger partial charge on any atom is -0.379 e. The first-order valence-corrected chi connectivity index (χ1v) is 16.9. The highest BCUT2D eigenvalue weighted by Gasteiger charge is 2.59. The van der Waals surface area contributed by atoms with Crippen LogP contribution in [0.4, 0.5) is 0 Å². The Morgan fingerprint density at radius 3 is 2.69 bits per heavy atom. The predicted octanol–water partition coefficient (Wildman–Crippen LogP) is 6.68. The average Bonchev–Trinajstić information content (AvgIpc) is 3.35. The second kappa shape index (κ2) is 12.3. The van der Waals surface area contributed by atoms with Crippen molar-refractivity contribution in [2.24, 2.45) is 34.5 Å². The topological polar surface area (TPSA) is 72.4 Å². The van der Waals surface area contributed by atoms with E-state index in [1.54, 1.807) is 11.8 Å². The van der Waals surface area contributed by atoms with Gasteiger partial charge in [-0.2, -0.15) is 0 Å². The SMILES string of the molecule is C/C=C\C1(C)/C(=C\C=O)CCC2C1CCC1(C)C(C(=O)CSc3nc(CN4CCOCC4)nc4ccccc34)CCC21. The molecule has 0 amide bonds. The number of benzene rings is 1. The van der Waals surface area contributed by atoms with E-state index in [-0.39, 0.29) is 16.7 Å². The van der Waals surface area contributed by atoms with Crippen LogP contribution < -0.4 is 0 Å². The van der Waals surface area contributed by atoms with Crippen molar-refractivity contribution >= 4 is 34.7 Å². The predicted molar refractivity (Wildman–Crippen MR) is 168 cm³/mol. The van der Waals surface area contributed by atoms with Crippen LogP contribution in [0.1, 0.15) is 65.1 Å². The molecular formula is C35H45N3O3S. The molecule has 4 fully saturated rings. The number of hydrogen-bond acceptors (Lipinski definition) is 7. The molecule has 4 aliphatic rings. The molecule has 6 rings (SSSR count). The molecule has 0 bridgehead atoms. The molecule has 0 N–H and O–H groups in total. The van der Waals surface area contributed by atoms with E-state index >= 15 is 0 Å². The number of carbonyl (C=O) groups excluding carboxylic acids is 2. The molecule has 224 valence electrons. The number of ether oxygens (including phenoxy) is 1. The Bertz CT molecular complexity index is 1380. The number of ketones is 1. The van der Waals surface area contributed by atoms with E-state index < -0.39 is 0 Å². The molecule has 3 aliphatic carbocycles. The normalized spacial score (nSPS) is 34.5. The fourth-order valence-electron chi connectivity index (χ4n) is 9.19. The molecule has 1 aliphatic heterocycles. The minimum absolute atomic E-state index is 0.0523. The third-order valence-electron chi connectivity index (χ3n) is 11.3. The monoisotopic (exact) mass is 587 g/mol. The Kier molecular flexibility index (Phi) is 8.72. The molecule has 42 heavy (non-hydrogen) atoms. The minimum atomic E-state index is -0.0646. The Balaban J connectivity index is 1.18. The number of hydrogen-bond donors (Lipinski definition) is 0. The molecule has 1 aromatic carbocycles. The van der Waals surface area contributed by atoms with Crippen LogP contribution in [0.2, 0.25) is 0 Å². The zero-order valence-electron chi connectivity index (χ0n) is 25.4. The summed E-state index contributed by atoms with van der Waals surface area (Å²) in [6.07, 6.45) is 13.7. The van der Waals surface area contributed by atoms with Crippen molar-refractivity contribution < 1.29 is 14.3 Å². The summed E-state index contributed by atoms with van der Waals surface area (Å²) < 4.78 is 5.51. The number of thioether (sulfide) groups is 1. The number of allylic oxidation sites excluding steroid dienone is 4. The second-order valence-corrected chi connectivity index (χ2v) is 14.3. The van der Waals surface area contributed by atoms with Crippen molar-refractivity contribution in [2.45, 2.75) is 70.9 Å². The van der Waals surface area contributed by atoms with Crippen molar-refractivity contribution in [3.63, 3.8) is 0 Å². The fourth-order valence-corrected chi connectivity index (χ4v) is 10.2. The first-order valence-electron chi connectivity index (χ1n) is 15.9. The number of para-hydroxylation sites is 1.